The molecule has 19 heavy (non-hydrogen) atoms. The molecule has 0 saturated heterocycles. The summed E-state index contributed by atoms with van der Waals surface area (Å²) in [7, 11) is 0. The zero-order valence-corrected chi connectivity index (χ0v) is 12.3. The Labute approximate surface area is 117 Å². The molecule has 2 nitrogen and oxygen atoms in total. The van der Waals surface area contributed by atoms with Crippen LogP contribution in [0.1, 0.15) is 56.6 Å². The number of nitrogens with one attached hydrogen (secondary N) is 1. The summed E-state index contributed by atoms with van der Waals surface area (Å²) in [5.41, 5.74) is 2.94. The van der Waals surface area contributed by atoms with Gasteiger partial charge in [0.1, 0.15) is 0 Å². The van der Waals surface area contributed by atoms with Gasteiger partial charge in [-0.15, -0.1) is 0 Å². The summed E-state index contributed by atoms with van der Waals surface area (Å²) in [5, 5.41) is 12.9. The van der Waals surface area contributed by atoms with Crippen molar-refractivity contribution >= 4 is 0 Å². The minimum atomic E-state index is 0.177. The van der Waals surface area contributed by atoms with Crippen molar-refractivity contribution in [3.63, 3.8) is 0 Å². The van der Waals surface area contributed by atoms with Crippen molar-refractivity contribution in [3.05, 3.63) is 35.4 Å². The maximum Gasteiger partial charge on any atom is 0.0499 e. The predicted molar refractivity (Wildman–Crippen MR) is 80.2 cm³/mol. The van der Waals surface area contributed by atoms with Gasteiger partial charge in [-0.2, -0.15) is 0 Å². The van der Waals surface area contributed by atoms with E-state index in [9.17, 15) is 5.11 Å². The molecule has 2 heteroatoms. The second kappa shape index (κ2) is 6.53. The lowest BCUT2D eigenvalue weighted by molar-refractivity contribution is 0.0445. The van der Waals surface area contributed by atoms with Crippen molar-refractivity contribution in [1.29, 1.82) is 0 Å². The molecule has 1 aromatic carbocycles. The maximum atomic E-state index is 9.42. The van der Waals surface area contributed by atoms with Crippen molar-refractivity contribution in [3.8, 4) is 0 Å². The Hall–Kier alpha value is -0.860. The van der Waals surface area contributed by atoms with E-state index < -0.39 is 0 Å². The Morgan fingerprint density at radius 3 is 2.42 bits per heavy atom. The van der Waals surface area contributed by atoms with E-state index in [2.05, 4.69) is 43.4 Å². The van der Waals surface area contributed by atoms with Crippen LogP contribution in [0.3, 0.4) is 0 Å². The summed E-state index contributed by atoms with van der Waals surface area (Å²) in [6.45, 7) is 6.67. The maximum absolute atomic E-state index is 9.42. The summed E-state index contributed by atoms with van der Waals surface area (Å²) in [6.07, 6.45) is 4.80. The van der Waals surface area contributed by atoms with Crippen LogP contribution in [0, 0.1) is 5.41 Å². The van der Waals surface area contributed by atoms with Gasteiger partial charge in [-0.25, -0.2) is 0 Å². The Balaban J connectivity index is 1.80. The SMILES string of the molecule is CCC(C)c1ccc(CNCC2(CO)CCC2)cc1. The number of aliphatic hydroxyl groups is 1. The first-order chi connectivity index (χ1) is 9.19. The van der Waals surface area contributed by atoms with E-state index in [4.69, 9.17) is 0 Å². The van der Waals surface area contributed by atoms with Gasteiger partial charge in [0, 0.05) is 25.1 Å². The van der Waals surface area contributed by atoms with Crippen molar-refractivity contribution in [2.45, 2.75) is 52.0 Å². The summed E-state index contributed by atoms with van der Waals surface area (Å²) in [6, 6.07) is 8.94. The standard InChI is InChI=1S/C17H27NO/c1-3-14(2)16-7-5-15(6-8-16)11-18-12-17(13-19)9-4-10-17/h5-8,14,18-19H,3-4,9-13H2,1-2H3. The third-order valence-electron chi connectivity index (χ3n) is 4.74. The molecule has 2 rings (SSSR count). The van der Waals surface area contributed by atoms with Gasteiger partial charge in [-0.1, -0.05) is 44.5 Å². The fourth-order valence-electron chi connectivity index (χ4n) is 2.74. The van der Waals surface area contributed by atoms with Crippen LogP contribution in [0.15, 0.2) is 24.3 Å². The van der Waals surface area contributed by atoms with E-state index in [1.165, 1.54) is 36.8 Å². The molecule has 1 aromatic rings. The molecule has 0 amide bonds. The lowest BCUT2D eigenvalue weighted by atomic mass is 9.69. The molecule has 1 fully saturated rings. The molecule has 1 atom stereocenters. The van der Waals surface area contributed by atoms with Gasteiger partial charge < -0.3 is 10.4 Å². The van der Waals surface area contributed by atoms with Gasteiger partial charge in [0.05, 0.1) is 0 Å². The van der Waals surface area contributed by atoms with E-state index in [1.54, 1.807) is 0 Å². The van der Waals surface area contributed by atoms with Crippen LogP contribution >= 0.6 is 0 Å². The number of rotatable bonds is 7. The summed E-state index contributed by atoms with van der Waals surface area (Å²) < 4.78 is 0. The lowest BCUT2D eigenvalue weighted by Gasteiger charge is -2.40. The molecule has 0 aromatic heterocycles. The summed E-state index contributed by atoms with van der Waals surface area (Å²) in [5.74, 6) is 0.648. The number of hydrogen-bond acceptors (Lipinski definition) is 2. The van der Waals surface area contributed by atoms with E-state index >= 15 is 0 Å². The lowest BCUT2D eigenvalue weighted by Crippen LogP contribution is -2.42. The van der Waals surface area contributed by atoms with Crippen LogP contribution in [0.4, 0.5) is 0 Å². The summed E-state index contributed by atoms with van der Waals surface area (Å²) >= 11 is 0. The molecule has 1 aliphatic carbocycles. The van der Waals surface area contributed by atoms with Crippen LogP contribution in [0.2, 0.25) is 0 Å². The molecule has 0 aliphatic heterocycles. The van der Waals surface area contributed by atoms with E-state index in [1.807, 2.05) is 0 Å². The Kier molecular flexibility index (Phi) is 5.00. The fraction of sp³-hybridized carbons (Fsp3) is 0.647. The third-order valence-corrected chi connectivity index (χ3v) is 4.74. The molecular weight excluding hydrogens is 234 g/mol. The highest BCUT2D eigenvalue weighted by atomic mass is 16.3. The van der Waals surface area contributed by atoms with Crippen molar-refractivity contribution in [2.75, 3.05) is 13.2 Å². The van der Waals surface area contributed by atoms with E-state index in [0.717, 1.165) is 13.1 Å². The zero-order chi connectivity index (χ0) is 13.7. The van der Waals surface area contributed by atoms with Crippen LogP contribution in [-0.4, -0.2) is 18.3 Å². The van der Waals surface area contributed by atoms with Gasteiger partial charge in [0.25, 0.3) is 0 Å². The van der Waals surface area contributed by atoms with Gasteiger partial charge in [-0.05, 0) is 36.3 Å². The normalized spacial score (nSPS) is 18.9. The van der Waals surface area contributed by atoms with Crippen LogP contribution in [0.5, 0.6) is 0 Å². The zero-order valence-electron chi connectivity index (χ0n) is 12.3. The average Bonchev–Trinajstić information content (AvgIpc) is 2.41. The Morgan fingerprint density at radius 2 is 1.95 bits per heavy atom. The highest BCUT2D eigenvalue weighted by molar-refractivity contribution is 5.24. The Bertz CT molecular complexity index is 375. The average molecular weight is 261 g/mol. The number of benzene rings is 1. The largest absolute Gasteiger partial charge is 0.396 e. The van der Waals surface area contributed by atoms with Gasteiger partial charge in [0.2, 0.25) is 0 Å². The van der Waals surface area contributed by atoms with Crippen molar-refractivity contribution in [2.24, 2.45) is 5.41 Å². The monoisotopic (exact) mass is 261 g/mol. The van der Waals surface area contributed by atoms with E-state index in [0.29, 0.717) is 12.5 Å². The van der Waals surface area contributed by atoms with Crippen molar-refractivity contribution in [1.82, 2.24) is 5.32 Å². The van der Waals surface area contributed by atoms with Crippen LogP contribution < -0.4 is 5.32 Å². The number of hydrogen-bond donors (Lipinski definition) is 2. The molecular formula is C17H27NO. The molecule has 1 aliphatic rings. The smallest absolute Gasteiger partial charge is 0.0499 e. The molecule has 106 valence electrons. The first-order valence-electron chi connectivity index (χ1n) is 7.59. The second-order valence-electron chi connectivity index (χ2n) is 6.17. The van der Waals surface area contributed by atoms with E-state index in [-0.39, 0.29) is 5.41 Å². The third kappa shape index (κ3) is 3.58. The molecule has 0 heterocycles. The fourth-order valence-corrected chi connectivity index (χ4v) is 2.74. The minimum Gasteiger partial charge on any atom is -0.396 e. The second-order valence-corrected chi connectivity index (χ2v) is 6.17. The minimum absolute atomic E-state index is 0.177. The molecule has 0 bridgehead atoms. The summed E-state index contributed by atoms with van der Waals surface area (Å²) in [4.78, 5) is 0. The molecule has 0 spiro atoms. The van der Waals surface area contributed by atoms with Gasteiger partial charge >= 0.3 is 0 Å². The van der Waals surface area contributed by atoms with Crippen LogP contribution in [-0.2, 0) is 6.54 Å². The highest BCUT2D eigenvalue weighted by Gasteiger charge is 2.35. The van der Waals surface area contributed by atoms with Crippen molar-refractivity contribution < 1.29 is 5.11 Å². The molecule has 1 saturated carbocycles. The molecule has 2 N–H and O–H groups in total. The Morgan fingerprint density at radius 1 is 1.26 bits per heavy atom. The molecule has 0 radical (unpaired) electrons. The highest BCUT2D eigenvalue weighted by Crippen LogP contribution is 2.39. The molecule has 1 unspecified atom stereocenters. The van der Waals surface area contributed by atoms with Crippen LogP contribution in [0.25, 0.3) is 0 Å². The van der Waals surface area contributed by atoms with Gasteiger partial charge in [-0.3, -0.25) is 0 Å². The quantitative estimate of drug-likeness (QED) is 0.788. The first-order valence-corrected chi connectivity index (χ1v) is 7.59. The topological polar surface area (TPSA) is 32.3 Å². The first kappa shape index (κ1) is 14.5. The van der Waals surface area contributed by atoms with Gasteiger partial charge in [0.15, 0.2) is 0 Å². The number of aliphatic hydroxyl groups excluding tert-OH is 1. The predicted octanol–water partition coefficient (Wildman–Crippen LogP) is 3.45.